The maximum absolute atomic E-state index is 12.2. The number of amides is 1. The molecule has 1 aliphatic heterocycles. The number of pyridine rings is 1. The fraction of sp³-hybridized carbons (Fsp3) is 0.250. The third-order valence-corrected chi connectivity index (χ3v) is 4.24. The number of hydrogen-bond donors (Lipinski definition) is 1. The van der Waals surface area contributed by atoms with Gasteiger partial charge in [0.05, 0.1) is 12.2 Å². The molecule has 0 radical (unpaired) electrons. The minimum atomic E-state index is -0.0896. The van der Waals surface area contributed by atoms with E-state index < -0.39 is 0 Å². The van der Waals surface area contributed by atoms with E-state index in [0.29, 0.717) is 29.1 Å². The van der Waals surface area contributed by atoms with Crippen LogP contribution >= 0.6 is 15.9 Å². The monoisotopic (exact) mass is 346 g/mol. The van der Waals surface area contributed by atoms with Crippen molar-refractivity contribution in [2.75, 3.05) is 13.2 Å². The first-order valence-electron chi connectivity index (χ1n) is 6.85. The lowest BCUT2D eigenvalue weighted by molar-refractivity contribution is 0.0947. The second-order valence-corrected chi connectivity index (χ2v) is 5.79. The number of carbonyl (C=O) groups is 1. The Morgan fingerprint density at radius 2 is 2.24 bits per heavy atom. The maximum atomic E-state index is 12.2. The molecule has 3 rings (SSSR count). The molecule has 21 heavy (non-hydrogen) atoms. The molecule has 0 fully saturated rings. The molecule has 4 nitrogen and oxygen atoms in total. The van der Waals surface area contributed by atoms with Crippen molar-refractivity contribution in [3.63, 3.8) is 0 Å². The largest absolute Gasteiger partial charge is 0.493 e. The number of nitrogens with zero attached hydrogens (tertiary/aromatic N) is 1. The van der Waals surface area contributed by atoms with E-state index in [0.717, 1.165) is 17.7 Å². The zero-order valence-corrected chi connectivity index (χ0v) is 13.0. The Bertz CT molecular complexity index is 660. The lowest BCUT2D eigenvalue weighted by Gasteiger charge is -2.26. The zero-order chi connectivity index (χ0) is 14.7. The second-order valence-electron chi connectivity index (χ2n) is 4.94. The Morgan fingerprint density at radius 3 is 3.10 bits per heavy atom. The van der Waals surface area contributed by atoms with Crippen molar-refractivity contribution in [2.45, 2.75) is 12.3 Å². The third kappa shape index (κ3) is 3.08. The smallest absolute Gasteiger partial charge is 0.252 e. The summed E-state index contributed by atoms with van der Waals surface area (Å²) in [6, 6.07) is 9.71. The molecular formula is C16H15BrN2O2. The van der Waals surface area contributed by atoms with Crippen molar-refractivity contribution in [3.8, 4) is 5.75 Å². The van der Waals surface area contributed by atoms with Gasteiger partial charge >= 0.3 is 0 Å². The van der Waals surface area contributed by atoms with Crippen LogP contribution < -0.4 is 10.1 Å². The number of ether oxygens (including phenoxy) is 1. The summed E-state index contributed by atoms with van der Waals surface area (Å²) in [5, 5.41) is 3.00. The Hall–Kier alpha value is -1.88. The number of hydrogen-bond acceptors (Lipinski definition) is 3. The summed E-state index contributed by atoms with van der Waals surface area (Å²) in [7, 11) is 0. The summed E-state index contributed by atoms with van der Waals surface area (Å²) in [6.07, 6.45) is 4.15. The normalized spacial score (nSPS) is 16.7. The van der Waals surface area contributed by atoms with Gasteiger partial charge in [-0.1, -0.05) is 18.2 Å². The summed E-state index contributed by atoms with van der Waals surface area (Å²) in [4.78, 5) is 16.2. The van der Waals surface area contributed by atoms with E-state index in [1.165, 1.54) is 0 Å². The number of carbonyl (C=O) groups excluding carboxylic acids is 1. The highest BCUT2D eigenvalue weighted by atomic mass is 79.9. The fourth-order valence-electron chi connectivity index (χ4n) is 2.50. The predicted octanol–water partition coefficient (Wildman–Crippen LogP) is 3.14. The predicted molar refractivity (Wildman–Crippen MR) is 83.6 cm³/mol. The van der Waals surface area contributed by atoms with Crippen LogP contribution in [-0.4, -0.2) is 24.0 Å². The number of halogens is 1. The summed E-state index contributed by atoms with van der Waals surface area (Å²) >= 11 is 3.35. The first-order chi connectivity index (χ1) is 10.3. The van der Waals surface area contributed by atoms with Crippen LogP contribution in [0, 0.1) is 0 Å². The molecule has 0 spiro atoms. The van der Waals surface area contributed by atoms with Gasteiger partial charge in [-0.2, -0.15) is 0 Å². The molecule has 2 aromatic rings. The molecule has 1 N–H and O–H groups in total. The molecule has 0 saturated carbocycles. The van der Waals surface area contributed by atoms with Gasteiger partial charge in [0.1, 0.15) is 5.75 Å². The quantitative estimate of drug-likeness (QED) is 0.928. The molecule has 0 aliphatic carbocycles. The Balaban J connectivity index is 1.69. The van der Waals surface area contributed by atoms with E-state index in [9.17, 15) is 4.79 Å². The molecule has 1 aromatic heterocycles. The molecule has 0 bridgehead atoms. The van der Waals surface area contributed by atoms with Crippen molar-refractivity contribution in [2.24, 2.45) is 0 Å². The average Bonchev–Trinajstić information content (AvgIpc) is 2.53. The number of nitrogens with one attached hydrogen (secondary N) is 1. The Morgan fingerprint density at radius 1 is 1.38 bits per heavy atom. The van der Waals surface area contributed by atoms with Gasteiger partial charge in [0, 0.05) is 29.3 Å². The highest BCUT2D eigenvalue weighted by Gasteiger charge is 2.21. The van der Waals surface area contributed by atoms with Gasteiger partial charge in [-0.05, 0) is 40.0 Å². The molecule has 5 heteroatoms. The third-order valence-electron chi connectivity index (χ3n) is 3.61. The van der Waals surface area contributed by atoms with Crippen LogP contribution in [0.4, 0.5) is 0 Å². The Kier molecular flexibility index (Phi) is 4.20. The standard InChI is InChI=1S/C16H15BrN2O2/c17-14-10-18-7-5-13(14)16(20)19-9-11-6-8-21-15-4-2-1-3-12(11)15/h1-5,7,10-11H,6,8-9H2,(H,19,20)/t11-/m0/s1. The van der Waals surface area contributed by atoms with Gasteiger partial charge in [-0.15, -0.1) is 0 Å². The molecule has 2 heterocycles. The van der Waals surface area contributed by atoms with Crippen LogP contribution in [0.1, 0.15) is 28.3 Å². The number of benzene rings is 1. The fourth-order valence-corrected chi connectivity index (χ4v) is 2.93. The lowest BCUT2D eigenvalue weighted by atomic mass is 9.93. The molecular weight excluding hydrogens is 332 g/mol. The minimum absolute atomic E-state index is 0.0896. The van der Waals surface area contributed by atoms with Crippen LogP contribution in [0.3, 0.4) is 0 Å². The highest BCUT2D eigenvalue weighted by molar-refractivity contribution is 9.10. The van der Waals surface area contributed by atoms with E-state index in [-0.39, 0.29) is 5.91 Å². The molecule has 1 amide bonds. The van der Waals surface area contributed by atoms with Gasteiger partial charge < -0.3 is 10.1 Å². The van der Waals surface area contributed by atoms with E-state index in [2.05, 4.69) is 32.3 Å². The molecule has 0 unspecified atom stereocenters. The van der Waals surface area contributed by atoms with Crippen molar-refractivity contribution < 1.29 is 9.53 Å². The topological polar surface area (TPSA) is 51.2 Å². The number of aromatic nitrogens is 1. The van der Waals surface area contributed by atoms with Crippen molar-refractivity contribution >= 4 is 21.8 Å². The zero-order valence-electron chi connectivity index (χ0n) is 11.4. The lowest BCUT2D eigenvalue weighted by Crippen LogP contribution is -2.31. The van der Waals surface area contributed by atoms with Gasteiger partial charge in [0.15, 0.2) is 0 Å². The van der Waals surface area contributed by atoms with Gasteiger partial charge in [-0.25, -0.2) is 0 Å². The minimum Gasteiger partial charge on any atom is -0.493 e. The molecule has 0 saturated heterocycles. The Labute approximate surface area is 131 Å². The molecule has 1 aliphatic rings. The first kappa shape index (κ1) is 14.1. The number of para-hydroxylation sites is 1. The van der Waals surface area contributed by atoms with E-state index >= 15 is 0 Å². The number of fused-ring (bicyclic) bond motifs is 1. The SMILES string of the molecule is O=C(NC[C@@H]1CCOc2ccccc21)c1ccncc1Br. The summed E-state index contributed by atoms with van der Waals surface area (Å²) < 4.78 is 6.34. The molecule has 1 atom stereocenters. The first-order valence-corrected chi connectivity index (χ1v) is 7.64. The summed E-state index contributed by atoms with van der Waals surface area (Å²) in [5.74, 6) is 1.13. The highest BCUT2D eigenvalue weighted by Crippen LogP contribution is 2.32. The van der Waals surface area contributed by atoms with E-state index in [1.807, 2.05) is 18.2 Å². The van der Waals surface area contributed by atoms with Gasteiger partial charge in [0.25, 0.3) is 5.91 Å². The average molecular weight is 347 g/mol. The maximum Gasteiger partial charge on any atom is 0.252 e. The van der Waals surface area contributed by atoms with Crippen LogP contribution in [0.25, 0.3) is 0 Å². The van der Waals surface area contributed by atoms with Crippen LogP contribution in [0.2, 0.25) is 0 Å². The van der Waals surface area contributed by atoms with E-state index in [4.69, 9.17) is 4.74 Å². The second kappa shape index (κ2) is 6.26. The van der Waals surface area contributed by atoms with E-state index in [1.54, 1.807) is 18.5 Å². The molecule has 108 valence electrons. The van der Waals surface area contributed by atoms with Crippen LogP contribution in [0.15, 0.2) is 47.2 Å². The van der Waals surface area contributed by atoms with Crippen molar-refractivity contribution in [1.29, 1.82) is 0 Å². The number of rotatable bonds is 3. The summed E-state index contributed by atoms with van der Waals surface area (Å²) in [5.41, 5.74) is 1.77. The van der Waals surface area contributed by atoms with Crippen molar-refractivity contribution in [1.82, 2.24) is 10.3 Å². The van der Waals surface area contributed by atoms with Gasteiger partial charge in [0.2, 0.25) is 0 Å². The van der Waals surface area contributed by atoms with Gasteiger partial charge in [-0.3, -0.25) is 9.78 Å². The van der Waals surface area contributed by atoms with Crippen LogP contribution in [0.5, 0.6) is 5.75 Å². The molecule has 1 aromatic carbocycles. The summed E-state index contributed by atoms with van der Waals surface area (Å²) in [6.45, 7) is 1.30. The van der Waals surface area contributed by atoms with Crippen molar-refractivity contribution in [3.05, 3.63) is 58.3 Å². The van der Waals surface area contributed by atoms with Crippen LogP contribution in [-0.2, 0) is 0 Å².